The van der Waals surface area contributed by atoms with Crippen LogP contribution in [-0.4, -0.2) is 0 Å². The van der Waals surface area contributed by atoms with Gasteiger partial charge in [-0.15, -0.1) is 0 Å². The summed E-state index contributed by atoms with van der Waals surface area (Å²) >= 11 is 7.70. The zero-order chi connectivity index (χ0) is 19.1. The molecule has 2 heteroatoms. The Balaban J connectivity index is 1.92. The summed E-state index contributed by atoms with van der Waals surface area (Å²) in [5.41, 5.74) is 4.98. The molecule has 0 aliphatic heterocycles. The SMILES string of the molecule is Brc1ccccc1C1(c2ccccc2Br)CC=Cc2cc3ccccc3cc21. The lowest BCUT2D eigenvalue weighted by atomic mass is 9.64. The molecule has 0 saturated heterocycles. The van der Waals surface area contributed by atoms with E-state index in [1.54, 1.807) is 0 Å². The maximum Gasteiger partial charge on any atom is 0.0514 e. The van der Waals surface area contributed by atoms with Gasteiger partial charge in [0.05, 0.1) is 5.41 Å². The summed E-state index contributed by atoms with van der Waals surface area (Å²) in [6, 6.07) is 30.6. The van der Waals surface area contributed by atoms with E-state index in [4.69, 9.17) is 0 Å². The minimum Gasteiger partial charge on any atom is -0.0824 e. The van der Waals surface area contributed by atoms with E-state index < -0.39 is 0 Å². The summed E-state index contributed by atoms with van der Waals surface area (Å²) in [6.45, 7) is 0. The van der Waals surface area contributed by atoms with Crippen molar-refractivity contribution in [1.29, 1.82) is 0 Å². The molecule has 5 rings (SSSR count). The van der Waals surface area contributed by atoms with Crippen LogP contribution in [0, 0.1) is 0 Å². The van der Waals surface area contributed by atoms with E-state index in [-0.39, 0.29) is 5.41 Å². The molecule has 28 heavy (non-hydrogen) atoms. The zero-order valence-corrected chi connectivity index (χ0v) is 18.4. The molecule has 0 radical (unpaired) electrons. The second kappa shape index (κ2) is 7.02. The third kappa shape index (κ3) is 2.70. The van der Waals surface area contributed by atoms with Crippen LogP contribution < -0.4 is 0 Å². The van der Waals surface area contributed by atoms with Crippen molar-refractivity contribution in [3.05, 3.63) is 122 Å². The summed E-state index contributed by atoms with van der Waals surface area (Å²) in [7, 11) is 0. The first kappa shape index (κ1) is 17.9. The average molecular weight is 490 g/mol. The van der Waals surface area contributed by atoms with Crippen molar-refractivity contribution in [2.45, 2.75) is 11.8 Å². The van der Waals surface area contributed by atoms with Crippen LogP contribution in [0.15, 0.2) is 100.0 Å². The Bertz CT molecular complexity index is 1170. The maximum absolute atomic E-state index is 3.85. The van der Waals surface area contributed by atoms with Gasteiger partial charge in [-0.05, 0) is 63.7 Å². The molecule has 1 aliphatic rings. The number of fused-ring (bicyclic) bond motifs is 2. The molecule has 0 heterocycles. The fourth-order valence-electron chi connectivity index (χ4n) is 4.51. The van der Waals surface area contributed by atoms with E-state index >= 15 is 0 Å². The summed E-state index contributed by atoms with van der Waals surface area (Å²) in [4.78, 5) is 0. The Morgan fingerprint density at radius 1 is 0.607 bits per heavy atom. The molecular formula is C26H18Br2. The summed E-state index contributed by atoms with van der Waals surface area (Å²) in [5, 5.41) is 2.56. The van der Waals surface area contributed by atoms with Gasteiger partial charge in [-0.25, -0.2) is 0 Å². The molecule has 4 aromatic carbocycles. The molecule has 0 bridgehead atoms. The molecule has 0 unspecified atom stereocenters. The fraction of sp³-hybridized carbons (Fsp3) is 0.0769. The van der Waals surface area contributed by atoms with Crippen LogP contribution in [0.25, 0.3) is 16.8 Å². The highest BCUT2D eigenvalue weighted by Crippen LogP contribution is 2.51. The number of hydrogen-bond acceptors (Lipinski definition) is 0. The van der Waals surface area contributed by atoms with Crippen LogP contribution in [0.5, 0.6) is 0 Å². The second-order valence-electron chi connectivity index (χ2n) is 7.26. The third-order valence-electron chi connectivity index (χ3n) is 5.77. The van der Waals surface area contributed by atoms with Crippen LogP contribution in [0.3, 0.4) is 0 Å². The van der Waals surface area contributed by atoms with Crippen LogP contribution in [0.1, 0.15) is 28.7 Å². The Morgan fingerprint density at radius 2 is 1.14 bits per heavy atom. The fourth-order valence-corrected chi connectivity index (χ4v) is 5.75. The van der Waals surface area contributed by atoms with Gasteiger partial charge in [-0.2, -0.15) is 0 Å². The maximum atomic E-state index is 3.85. The van der Waals surface area contributed by atoms with E-state index in [9.17, 15) is 0 Å². The van der Waals surface area contributed by atoms with Gasteiger partial charge in [0.2, 0.25) is 0 Å². The van der Waals surface area contributed by atoms with Crippen LogP contribution in [-0.2, 0) is 5.41 Å². The topological polar surface area (TPSA) is 0 Å². The van der Waals surface area contributed by atoms with E-state index in [2.05, 4.69) is 129 Å². The molecule has 0 N–H and O–H groups in total. The Hall–Kier alpha value is -2.16. The van der Waals surface area contributed by atoms with Gasteiger partial charge in [0.1, 0.15) is 0 Å². The molecule has 0 saturated carbocycles. The quantitative estimate of drug-likeness (QED) is 0.266. The molecule has 0 amide bonds. The highest BCUT2D eigenvalue weighted by Gasteiger charge is 2.41. The smallest absolute Gasteiger partial charge is 0.0514 e. The van der Waals surface area contributed by atoms with E-state index in [1.165, 1.54) is 33.0 Å². The summed E-state index contributed by atoms with van der Waals surface area (Å²) < 4.78 is 2.28. The van der Waals surface area contributed by atoms with E-state index in [0.29, 0.717) is 0 Å². The second-order valence-corrected chi connectivity index (χ2v) is 8.97. The zero-order valence-electron chi connectivity index (χ0n) is 15.2. The van der Waals surface area contributed by atoms with Gasteiger partial charge in [0, 0.05) is 8.95 Å². The predicted octanol–water partition coefficient (Wildman–Crippen LogP) is 8.12. The molecule has 0 atom stereocenters. The lowest BCUT2D eigenvalue weighted by Crippen LogP contribution is -2.32. The van der Waals surface area contributed by atoms with Crippen molar-refractivity contribution in [2.75, 3.05) is 0 Å². The van der Waals surface area contributed by atoms with Crippen molar-refractivity contribution in [1.82, 2.24) is 0 Å². The first-order chi connectivity index (χ1) is 13.7. The van der Waals surface area contributed by atoms with E-state index in [1.807, 2.05) is 0 Å². The molecule has 0 spiro atoms. The molecule has 0 aromatic heterocycles. The minimum absolute atomic E-state index is 0.256. The van der Waals surface area contributed by atoms with Crippen LogP contribution in [0.2, 0.25) is 0 Å². The number of allylic oxidation sites excluding steroid dienone is 1. The Labute approximate surface area is 182 Å². The normalized spacial score (nSPS) is 14.8. The standard InChI is InChI=1S/C26H18Br2/c27-24-13-5-3-11-21(24)26(22-12-4-6-14-25(22)28)15-7-10-20-16-18-8-1-2-9-19(18)17-23(20)26/h1-14,16-17H,15H2. The molecule has 0 nitrogen and oxygen atoms in total. The Morgan fingerprint density at radius 3 is 1.75 bits per heavy atom. The van der Waals surface area contributed by atoms with Crippen molar-refractivity contribution < 1.29 is 0 Å². The Kier molecular flexibility index (Phi) is 4.49. The van der Waals surface area contributed by atoms with E-state index in [0.717, 1.165) is 15.4 Å². The first-order valence-electron chi connectivity index (χ1n) is 9.40. The monoisotopic (exact) mass is 488 g/mol. The van der Waals surface area contributed by atoms with Gasteiger partial charge >= 0.3 is 0 Å². The van der Waals surface area contributed by atoms with Gasteiger partial charge in [0.25, 0.3) is 0 Å². The van der Waals surface area contributed by atoms with Crippen molar-refractivity contribution in [3.8, 4) is 0 Å². The van der Waals surface area contributed by atoms with Crippen molar-refractivity contribution in [2.24, 2.45) is 0 Å². The van der Waals surface area contributed by atoms with Gasteiger partial charge in [-0.3, -0.25) is 0 Å². The molecule has 1 aliphatic carbocycles. The summed E-state index contributed by atoms with van der Waals surface area (Å²) in [5.74, 6) is 0. The molecule has 0 fully saturated rings. The average Bonchev–Trinajstić information content (AvgIpc) is 2.73. The molecule has 4 aromatic rings. The number of benzene rings is 4. The molecule has 136 valence electrons. The minimum atomic E-state index is -0.256. The molecular weight excluding hydrogens is 472 g/mol. The summed E-state index contributed by atoms with van der Waals surface area (Å²) in [6.07, 6.45) is 5.51. The predicted molar refractivity (Wildman–Crippen MR) is 126 cm³/mol. The first-order valence-corrected chi connectivity index (χ1v) is 11.0. The van der Waals surface area contributed by atoms with Crippen LogP contribution >= 0.6 is 31.9 Å². The van der Waals surface area contributed by atoms with Gasteiger partial charge in [-0.1, -0.05) is 105 Å². The number of halogens is 2. The third-order valence-corrected chi connectivity index (χ3v) is 7.15. The van der Waals surface area contributed by atoms with Crippen molar-refractivity contribution in [3.63, 3.8) is 0 Å². The number of rotatable bonds is 2. The van der Waals surface area contributed by atoms with Crippen molar-refractivity contribution >= 4 is 48.7 Å². The highest BCUT2D eigenvalue weighted by atomic mass is 79.9. The lowest BCUT2D eigenvalue weighted by Gasteiger charge is -2.40. The van der Waals surface area contributed by atoms with Crippen LogP contribution in [0.4, 0.5) is 0 Å². The number of hydrogen-bond donors (Lipinski definition) is 0. The van der Waals surface area contributed by atoms with Gasteiger partial charge in [0.15, 0.2) is 0 Å². The van der Waals surface area contributed by atoms with Gasteiger partial charge < -0.3 is 0 Å². The largest absolute Gasteiger partial charge is 0.0824 e. The highest BCUT2D eigenvalue weighted by molar-refractivity contribution is 9.10. The lowest BCUT2D eigenvalue weighted by molar-refractivity contribution is 0.616.